The Kier molecular flexibility index (Phi) is 7.54. The normalized spacial score (nSPS) is 14.0. The maximum Gasteiger partial charge on any atom is 0.0795 e. The highest BCUT2D eigenvalue weighted by Crippen LogP contribution is 2.36. The van der Waals surface area contributed by atoms with Crippen LogP contribution < -0.4 is 0 Å². The Labute approximate surface area is 198 Å². The summed E-state index contributed by atoms with van der Waals surface area (Å²) in [5.74, 6) is 0.0348. The minimum absolute atomic E-state index is 0.0348. The third-order valence-corrected chi connectivity index (χ3v) is 6.47. The van der Waals surface area contributed by atoms with E-state index in [-0.39, 0.29) is 5.92 Å². The van der Waals surface area contributed by atoms with E-state index < -0.39 is 12.2 Å². The van der Waals surface area contributed by atoms with Gasteiger partial charge in [-0.15, -0.1) is 0 Å². The molecule has 3 unspecified atom stereocenters. The quantitative estimate of drug-likeness (QED) is 0.271. The summed E-state index contributed by atoms with van der Waals surface area (Å²) in [6.07, 6.45) is -0.0799. The van der Waals surface area contributed by atoms with E-state index in [1.54, 1.807) is 0 Å². The van der Waals surface area contributed by atoms with E-state index in [9.17, 15) is 10.2 Å². The molecule has 32 heavy (non-hydrogen) atoms. The van der Waals surface area contributed by atoms with Crippen LogP contribution in [0.4, 0.5) is 0 Å². The average Bonchev–Trinajstić information content (AvgIpc) is 2.85. The molecule has 0 amide bonds. The van der Waals surface area contributed by atoms with Crippen molar-refractivity contribution in [2.45, 2.75) is 31.0 Å². The van der Waals surface area contributed by atoms with Crippen molar-refractivity contribution in [3.8, 4) is 11.1 Å². The Morgan fingerprint density at radius 3 is 1.41 bits per heavy atom. The molecular weight excluding hydrogens is 460 g/mol. The molecule has 0 aliphatic rings. The van der Waals surface area contributed by atoms with E-state index in [0.29, 0.717) is 12.8 Å². The summed E-state index contributed by atoms with van der Waals surface area (Å²) < 4.78 is 1.05. The van der Waals surface area contributed by atoms with Crippen molar-refractivity contribution in [3.05, 3.63) is 130 Å². The van der Waals surface area contributed by atoms with Crippen molar-refractivity contribution in [2.24, 2.45) is 0 Å². The van der Waals surface area contributed by atoms with Gasteiger partial charge in [0.25, 0.3) is 0 Å². The van der Waals surface area contributed by atoms with Crippen molar-refractivity contribution in [3.63, 3.8) is 0 Å². The molecule has 0 bridgehead atoms. The zero-order valence-corrected chi connectivity index (χ0v) is 19.4. The van der Waals surface area contributed by atoms with Crippen LogP contribution in [-0.4, -0.2) is 10.2 Å². The number of hydrogen-bond donors (Lipinski definition) is 2. The number of aliphatic hydroxyl groups excluding tert-OH is 2. The smallest absolute Gasteiger partial charge is 0.0795 e. The third kappa shape index (κ3) is 5.74. The van der Waals surface area contributed by atoms with Crippen LogP contribution in [-0.2, 0) is 0 Å². The highest BCUT2D eigenvalue weighted by atomic mass is 79.9. The van der Waals surface area contributed by atoms with Crippen LogP contribution in [0.2, 0.25) is 0 Å². The minimum atomic E-state index is -0.609. The fourth-order valence-corrected chi connectivity index (χ4v) is 4.38. The van der Waals surface area contributed by atoms with Gasteiger partial charge < -0.3 is 10.2 Å². The van der Waals surface area contributed by atoms with Crippen LogP contribution in [0, 0.1) is 0 Å². The third-order valence-electron chi connectivity index (χ3n) is 5.94. The fraction of sp³-hybridized carbons (Fsp3) is 0.172. The molecule has 0 radical (unpaired) electrons. The number of hydrogen-bond acceptors (Lipinski definition) is 2. The Morgan fingerprint density at radius 2 is 0.906 bits per heavy atom. The van der Waals surface area contributed by atoms with E-state index in [4.69, 9.17) is 0 Å². The van der Waals surface area contributed by atoms with Crippen molar-refractivity contribution < 1.29 is 10.2 Å². The molecule has 0 spiro atoms. The molecule has 0 saturated carbocycles. The van der Waals surface area contributed by atoms with Crippen LogP contribution in [0.3, 0.4) is 0 Å². The predicted octanol–water partition coefficient (Wildman–Crippen LogP) is 7.45. The van der Waals surface area contributed by atoms with Gasteiger partial charge in [0, 0.05) is 4.47 Å². The first-order chi connectivity index (χ1) is 15.6. The summed E-state index contributed by atoms with van der Waals surface area (Å²) in [7, 11) is 0. The van der Waals surface area contributed by atoms with Crippen LogP contribution in [0.25, 0.3) is 11.1 Å². The number of rotatable bonds is 8. The molecule has 2 N–H and O–H groups in total. The van der Waals surface area contributed by atoms with Gasteiger partial charge in [-0.3, -0.25) is 0 Å². The van der Waals surface area contributed by atoms with Gasteiger partial charge in [-0.05, 0) is 58.7 Å². The van der Waals surface area contributed by atoms with Gasteiger partial charge in [0.15, 0.2) is 0 Å². The average molecular weight is 487 g/mol. The highest BCUT2D eigenvalue weighted by molar-refractivity contribution is 9.10. The zero-order chi connectivity index (χ0) is 22.3. The Balaban J connectivity index is 1.50. The number of halogens is 1. The van der Waals surface area contributed by atoms with Gasteiger partial charge in [0.05, 0.1) is 12.2 Å². The lowest BCUT2D eigenvalue weighted by Crippen LogP contribution is -2.11. The lowest BCUT2D eigenvalue weighted by molar-refractivity contribution is 0.123. The first kappa shape index (κ1) is 22.5. The molecule has 3 atom stereocenters. The van der Waals surface area contributed by atoms with Gasteiger partial charge in [-0.25, -0.2) is 0 Å². The summed E-state index contributed by atoms with van der Waals surface area (Å²) in [5.41, 5.74) is 5.19. The first-order valence-corrected chi connectivity index (χ1v) is 11.7. The largest absolute Gasteiger partial charge is 0.388 e. The monoisotopic (exact) mass is 486 g/mol. The Morgan fingerprint density at radius 1 is 0.500 bits per heavy atom. The van der Waals surface area contributed by atoms with Gasteiger partial charge in [0.1, 0.15) is 0 Å². The van der Waals surface area contributed by atoms with Crippen LogP contribution in [0.15, 0.2) is 114 Å². The molecule has 3 heteroatoms. The predicted molar refractivity (Wildman–Crippen MR) is 134 cm³/mol. The van der Waals surface area contributed by atoms with E-state index >= 15 is 0 Å². The molecular formula is C29H27BrO2. The van der Waals surface area contributed by atoms with Gasteiger partial charge in [0.2, 0.25) is 0 Å². The topological polar surface area (TPSA) is 40.5 Å². The van der Waals surface area contributed by atoms with Crippen LogP contribution in [0.5, 0.6) is 0 Å². The molecule has 2 nitrogen and oxygen atoms in total. The number of benzene rings is 4. The van der Waals surface area contributed by atoms with Crippen LogP contribution >= 0.6 is 15.9 Å². The Bertz CT molecular complexity index is 1090. The second-order valence-corrected chi connectivity index (χ2v) is 9.07. The molecule has 0 aliphatic carbocycles. The lowest BCUT2D eigenvalue weighted by atomic mass is 9.85. The van der Waals surface area contributed by atoms with Gasteiger partial charge >= 0.3 is 0 Å². The van der Waals surface area contributed by atoms with Crippen molar-refractivity contribution in [2.75, 3.05) is 0 Å². The van der Waals surface area contributed by atoms with E-state index in [1.807, 2.05) is 72.8 Å². The number of aliphatic hydroxyl groups is 2. The summed E-state index contributed by atoms with van der Waals surface area (Å²) in [4.78, 5) is 0. The zero-order valence-electron chi connectivity index (χ0n) is 17.8. The molecule has 0 aromatic heterocycles. The molecule has 0 fully saturated rings. The van der Waals surface area contributed by atoms with Crippen molar-refractivity contribution in [1.29, 1.82) is 0 Å². The maximum absolute atomic E-state index is 11.0. The van der Waals surface area contributed by atoms with Crippen LogP contribution in [0.1, 0.15) is 47.7 Å². The lowest BCUT2D eigenvalue weighted by Gasteiger charge is -2.24. The molecule has 4 aromatic carbocycles. The molecule has 0 saturated heterocycles. The molecule has 0 aliphatic heterocycles. The Hall–Kier alpha value is -2.72. The van der Waals surface area contributed by atoms with Crippen molar-refractivity contribution >= 4 is 15.9 Å². The minimum Gasteiger partial charge on any atom is -0.388 e. The van der Waals surface area contributed by atoms with E-state index in [0.717, 1.165) is 32.3 Å². The molecule has 4 rings (SSSR count). The fourth-order valence-electron chi connectivity index (χ4n) is 4.12. The summed E-state index contributed by atoms with van der Waals surface area (Å²) in [6.45, 7) is 0. The molecule has 4 aromatic rings. The standard InChI is InChI=1S/C29H27BrO2/c30-27-17-15-23(16-18-27)22-11-13-25(14-12-22)29(32)20-26(21-7-3-1-4-8-21)19-28(31)24-9-5-2-6-10-24/h1-18,26,28-29,31-32H,19-20H2. The van der Waals surface area contributed by atoms with Gasteiger partial charge in [-0.1, -0.05) is 113 Å². The second kappa shape index (κ2) is 10.7. The summed E-state index contributed by atoms with van der Waals surface area (Å²) in [6, 6.07) is 36.2. The summed E-state index contributed by atoms with van der Waals surface area (Å²) >= 11 is 3.47. The van der Waals surface area contributed by atoms with E-state index in [1.165, 1.54) is 0 Å². The van der Waals surface area contributed by atoms with E-state index in [2.05, 4.69) is 52.3 Å². The van der Waals surface area contributed by atoms with Crippen molar-refractivity contribution in [1.82, 2.24) is 0 Å². The molecule has 0 heterocycles. The second-order valence-electron chi connectivity index (χ2n) is 8.15. The SMILES string of the molecule is OC(CC(CC(O)c1ccc(-c2ccc(Br)cc2)cc1)c1ccccc1)c1ccccc1. The molecule has 162 valence electrons. The van der Waals surface area contributed by atoms with Gasteiger partial charge in [-0.2, -0.15) is 0 Å². The maximum atomic E-state index is 11.0. The first-order valence-electron chi connectivity index (χ1n) is 10.9. The highest BCUT2D eigenvalue weighted by Gasteiger charge is 2.22. The summed E-state index contributed by atoms with van der Waals surface area (Å²) in [5, 5.41) is 21.9.